The molecule has 0 N–H and O–H groups in total. The van der Waals surface area contributed by atoms with E-state index in [4.69, 9.17) is 9.47 Å². The van der Waals surface area contributed by atoms with Gasteiger partial charge in [-0.05, 0) is 56.6 Å². The first-order valence-electron chi connectivity index (χ1n) is 8.91. The van der Waals surface area contributed by atoms with Gasteiger partial charge in [-0.25, -0.2) is 0 Å². The summed E-state index contributed by atoms with van der Waals surface area (Å²) in [5.41, 5.74) is 2.19. The maximum atomic E-state index is 11.8. The molecule has 24 heavy (non-hydrogen) atoms. The summed E-state index contributed by atoms with van der Waals surface area (Å²) in [7, 11) is 0. The molecule has 1 aromatic rings. The minimum atomic E-state index is -0.454. The quantitative estimate of drug-likeness (QED) is 0.486. The Bertz CT molecular complexity index is 489. The molecule has 136 valence electrons. The van der Waals surface area contributed by atoms with E-state index in [1.54, 1.807) is 0 Å². The largest absolute Gasteiger partial charge is 0.460 e. The van der Waals surface area contributed by atoms with E-state index in [-0.39, 0.29) is 5.97 Å². The minimum absolute atomic E-state index is 0.171. The van der Waals surface area contributed by atoms with Crippen LogP contribution in [0.1, 0.15) is 65.5 Å². The first kappa shape index (κ1) is 20.7. The minimum Gasteiger partial charge on any atom is -0.460 e. The van der Waals surface area contributed by atoms with Crippen LogP contribution >= 0.6 is 0 Å². The lowest BCUT2D eigenvalue weighted by Crippen LogP contribution is -2.22. The van der Waals surface area contributed by atoms with E-state index in [0.717, 1.165) is 31.6 Å². The maximum Gasteiger partial charge on any atom is 0.311 e. The monoisotopic (exact) mass is 334 g/mol. The molecule has 0 spiro atoms. The molecule has 3 heteroatoms. The van der Waals surface area contributed by atoms with Gasteiger partial charge in [0, 0.05) is 6.61 Å². The Morgan fingerprint density at radius 2 is 1.50 bits per heavy atom. The van der Waals surface area contributed by atoms with Gasteiger partial charge in [-0.1, -0.05) is 45.0 Å². The fraction of sp³-hybridized carbons (Fsp3) is 0.667. The predicted molar refractivity (Wildman–Crippen MR) is 98.9 cm³/mol. The Morgan fingerprint density at radius 1 is 0.917 bits per heavy atom. The Morgan fingerprint density at radius 3 is 2.04 bits per heavy atom. The van der Waals surface area contributed by atoms with Crippen LogP contribution in [-0.4, -0.2) is 19.2 Å². The highest BCUT2D eigenvalue weighted by atomic mass is 16.5. The molecule has 0 bridgehead atoms. The molecule has 0 saturated heterocycles. The Kier molecular flexibility index (Phi) is 7.95. The lowest BCUT2D eigenvalue weighted by atomic mass is 9.91. The van der Waals surface area contributed by atoms with Crippen molar-refractivity contribution in [2.75, 3.05) is 13.2 Å². The third-order valence-corrected chi connectivity index (χ3v) is 3.76. The normalized spacial score (nSPS) is 12.2. The highest BCUT2D eigenvalue weighted by molar-refractivity contribution is 5.75. The SMILES string of the molecule is CC(C)(C)CCCOCCc1ccc(COC(=O)C(C)(C)C)cc1. The van der Waals surface area contributed by atoms with E-state index in [1.165, 1.54) is 12.0 Å². The van der Waals surface area contributed by atoms with E-state index in [2.05, 4.69) is 32.9 Å². The van der Waals surface area contributed by atoms with E-state index in [1.807, 2.05) is 32.9 Å². The van der Waals surface area contributed by atoms with Gasteiger partial charge in [0.05, 0.1) is 12.0 Å². The smallest absolute Gasteiger partial charge is 0.311 e. The molecule has 0 radical (unpaired) electrons. The van der Waals surface area contributed by atoms with Crippen molar-refractivity contribution in [2.24, 2.45) is 10.8 Å². The molecule has 0 aromatic heterocycles. The summed E-state index contributed by atoms with van der Waals surface area (Å²) in [6, 6.07) is 8.20. The standard InChI is InChI=1S/C21H34O3/c1-20(2,3)13-7-14-23-15-12-17-8-10-18(11-9-17)16-24-19(22)21(4,5)6/h8-11H,7,12-16H2,1-6H3. The van der Waals surface area contributed by atoms with Crippen molar-refractivity contribution < 1.29 is 14.3 Å². The van der Waals surface area contributed by atoms with Crippen LogP contribution in [0.2, 0.25) is 0 Å². The summed E-state index contributed by atoms with van der Waals surface area (Å²) >= 11 is 0. The molecule has 0 amide bonds. The number of hydrogen-bond acceptors (Lipinski definition) is 3. The molecular formula is C21H34O3. The van der Waals surface area contributed by atoms with E-state index >= 15 is 0 Å². The fourth-order valence-electron chi connectivity index (χ4n) is 2.16. The third-order valence-electron chi connectivity index (χ3n) is 3.76. The number of rotatable bonds is 8. The molecule has 0 saturated carbocycles. The second kappa shape index (κ2) is 9.22. The van der Waals surface area contributed by atoms with Gasteiger partial charge in [0.15, 0.2) is 0 Å². The molecule has 0 aliphatic carbocycles. The zero-order chi connectivity index (χ0) is 18.2. The van der Waals surface area contributed by atoms with Crippen molar-refractivity contribution in [2.45, 2.75) is 67.4 Å². The van der Waals surface area contributed by atoms with E-state index in [9.17, 15) is 4.79 Å². The summed E-state index contributed by atoms with van der Waals surface area (Å²) in [6.07, 6.45) is 3.22. The molecule has 0 aliphatic heterocycles. The lowest BCUT2D eigenvalue weighted by Gasteiger charge is -2.17. The van der Waals surface area contributed by atoms with Crippen LogP contribution in [0.25, 0.3) is 0 Å². The fourth-order valence-corrected chi connectivity index (χ4v) is 2.16. The van der Waals surface area contributed by atoms with Gasteiger partial charge >= 0.3 is 5.97 Å². The third kappa shape index (κ3) is 9.07. The molecule has 0 heterocycles. The van der Waals surface area contributed by atoms with Gasteiger partial charge in [0.25, 0.3) is 0 Å². The van der Waals surface area contributed by atoms with Crippen LogP contribution in [0.4, 0.5) is 0 Å². The van der Waals surface area contributed by atoms with Crippen LogP contribution < -0.4 is 0 Å². The Labute approximate surface area is 147 Å². The van der Waals surface area contributed by atoms with Gasteiger partial charge < -0.3 is 9.47 Å². The molecule has 1 rings (SSSR count). The highest BCUT2D eigenvalue weighted by Gasteiger charge is 2.22. The average Bonchev–Trinajstić information content (AvgIpc) is 2.47. The summed E-state index contributed by atoms with van der Waals surface area (Å²) in [5.74, 6) is -0.171. The molecule has 0 aliphatic rings. The summed E-state index contributed by atoms with van der Waals surface area (Å²) in [6.45, 7) is 14.3. The van der Waals surface area contributed by atoms with Crippen LogP contribution in [-0.2, 0) is 27.3 Å². The van der Waals surface area contributed by atoms with Crippen molar-refractivity contribution in [1.29, 1.82) is 0 Å². The first-order chi connectivity index (χ1) is 11.1. The van der Waals surface area contributed by atoms with Gasteiger partial charge in [0.1, 0.15) is 6.61 Å². The van der Waals surface area contributed by atoms with Crippen LogP contribution in [0.15, 0.2) is 24.3 Å². The first-order valence-corrected chi connectivity index (χ1v) is 8.91. The second-order valence-electron chi connectivity index (χ2n) is 8.67. The Hall–Kier alpha value is -1.35. The average molecular weight is 335 g/mol. The molecule has 1 aromatic carbocycles. The van der Waals surface area contributed by atoms with Crippen LogP contribution in [0.5, 0.6) is 0 Å². The number of carbonyl (C=O) groups excluding carboxylic acids is 1. The van der Waals surface area contributed by atoms with Gasteiger partial charge in [-0.2, -0.15) is 0 Å². The number of ether oxygens (including phenoxy) is 2. The van der Waals surface area contributed by atoms with Crippen molar-refractivity contribution >= 4 is 5.97 Å². The van der Waals surface area contributed by atoms with Crippen LogP contribution in [0.3, 0.4) is 0 Å². The summed E-state index contributed by atoms with van der Waals surface area (Å²) in [4.78, 5) is 11.8. The highest BCUT2D eigenvalue weighted by Crippen LogP contribution is 2.20. The topological polar surface area (TPSA) is 35.5 Å². The molecule has 0 fully saturated rings. The zero-order valence-electron chi connectivity index (χ0n) is 16.3. The van der Waals surface area contributed by atoms with Crippen molar-refractivity contribution in [3.8, 4) is 0 Å². The number of esters is 1. The maximum absolute atomic E-state index is 11.8. The molecule has 0 atom stereocenters. The van der Waals surface area contributed by atoms with Crippen LogP contribution in [0, 0.1) is 10.8 Å². The van der Waals surface area contributed by atoms with E-state index < -0.39 is 5.41 Å². The van der Waals surface area contributed by atoms with Crippen molar-refractivity contribution in [1.82, 2.24) is 0 Å². The van der Waals surface area contributed by atoms with E-state index in [0.29, 0.717) is 12.0 Å². The van der Waals surface area contributed by atoms with Gasteiger partial charge in [0.2, 0.25) is 0 Å². The number of hydrogen-bond donors (Lipinski definition) is 0. The molecule has 0 unspecified atom stereocenters. The molecular weight excluding hydrogens is 300 g/mol. The second-order valence-corrected chi connectivity index (χ2v) is 8.67. The van der Waals surface area contributed by atoms with Gasteiger partial charge in [-0.15, -0.1) is 0 Å². The Balaban J connectivity index is 2.24. The predicted octanol–water partition coefficient (Wildman–Crippen LogP) is 5.16. The number of benzene rings is 1. The van der Waals surface area contributed by atoms with Crippen molar-refractivity contribution in [3.05, 3.63) is 35.4 Å². The van der Waals surface area contributed by atoms with Crippen molar-refractivity contribution in [3.63, 3.8) is 0 Å². The molecule has 3 nitrogen and oxygen atoms in total. The summed E-state index contributed by atoms with van der Waals surface area (Å²) < 4.78 is 11.0. The summed E-state index contributed by atoms with van der Waals surface area (Å²) in [5, 5.41) is 0. The lowest BCUT2D eigenvalue weighted by molar-refractivity contribution is -0.154. The zero-order valence-corrected chi connectivity index (χ0v) is 16.3. The van der Waals surface area contributed by atoms with Gasteiger partial charge in [-0.3, -0.25) is 4.79 Å². The number of carbonyl (C=O) groups is 1.